The van der Waals surface area contributed by atoms with Gasteiger partial charge in [-0.3, -0.25) is 9.38 Å². The minimum absolute atomic E-state index is 0.0961. The summed E-state index contributed by atoms with van der Waals surface area (Å²) in [6.07, 6.45) is 5.46. The highest BCUT2D eigenvalue weighted by molar-refractivity contribution is 7.16. The molecule has 5 nitrogen and oxygen atoms in total. The zero-order chi connectivity index (χ0) is 19.7. The maximum atomic E-state index is 5.82. The van der Waals surface area contributed by atoms with E-state index in [2.05, 4.69) is 49.0 Å². The second-order valence-electron chi connectivity index (χ2n) is 7.53. The number of nitrogens with two attached hydrogens (primary N) is 1. The van der Waals surface area contributed by atoms with Gasteiger partial charge in [-0.25, -0.2) is 4.98 Å². The number of nitrogens with one attached hydrogen (secondary N) is 1. The molecular weight excluding hydrogens is 366 g/mol. The predicted octanol–water partition coefficient (Wildman–Crippen LogP) is 4.65. The van der Waals surface area contributed by atoms with Crippen LogP contribution in [0.3, 0.4) is 0 Å². The molecule has 0 saturated carbocycles. The van der Waals surface area contributed by atoms with Crippen LogP contribution in [-0.4, -0.2) is 19.9 Å². The summed E-state index contributed by atoms with van der Waals surface area (Å²) in [5.74, 6) is 7.36. The zero-order valence-electron chi connectivity index (χ0n) is 16.0. The molecule has 28 heavy (non-hydrogen) atoms. The van der Waals surface area contributed by atoms with E-state index in [1.165, 1.54) is 0 Å². The predicted molar refractivity (Wildman–Crippen MR) is 117 cm³/mol. The number of anilines is 2. The molecule has 3 aromatic heterocycles. The number of hydrogen-bond donors (Lipinski definition) is 2. The third kappa shape index (κ3) is 3.85. The summed E-state index contributed by atoms with van der Waals surface area (Å²) in [5.41, 5.74) is 9.07. The third-order valence-electron chi connectivity index (χ3n) is 3.98. The summed E-state index contributed by atoms with van der Waals surface area (Å²) in [6, 6.07) is 11.7. The SMILES string of the molecule is CC(C)(C)Nc1c(-c2ccc(C#Cc3cccc(N)c3)s2)nc2cnccn12. The number of nitrogens with zero attached hydrogens (tertiary/aromatic N) is 3. The van der Waals surface area contributed by atoms with Crippen molar-refractivity contribution in [2.75, 3.05) is 11.1 Å². The largest absolute Gasteiger partial charge is 0.399 e. The van der Waals surface area contributed by atoms with Crippen molar-refractivity contribution in [3.63, 3.8) is 0 Å². The molecule has 0 atom stereocenters. The lowest BCUT2D eigenvalue weighted by atomic mass is 10.1. The van der Waals surface area contributed by atoms with Gasteiger partial charge in [-0.05, 0) is 51.1 Å². The molecule has 4 rings (SSSR count). The molecule has 0 aliphatic heterocycles. The molecule has 0 aliphatic rings. The van der Waals surface area contributed by atoms with Gasteiger partial charge in [0, 0.05) is 29.2 Å². The molecule has 0 amide bonds. The summed E-state index contributed by atoms with van der Waals surface area (Å²) in [7, 11) is 0. The van der Waals surface area contributed by atoms with Gasteiger partial charge in [-0.15, -0.1) is 11.3 Å². The smallest absolute Gasteiger partial charge is 0.157 e. The molecule has 0 fully saturated rings. The average molecular weight is 388 g/mol. The van der Waals surface area contributed by atoms with Gasteiger partial charge in [0.2, 0.25) is 0 Å². The topological polar surface area (TPSA) is 68.2 Å². The van der Waals surface area contributed by atoms with Gasteiger partial charge < -0.3 is 11.1 Å². The summed E-state index contributed by atoms with van der Waals surface area (Å²) in [4.78, 5) is 11.0. The van der Waals surface area contributed by atoms with Crippen LogP contribution >= 0.6 is 11.3 Å². The Morgan fingerprint density at radius 3 is 2.79 bits per heavy atom. The Kier molecular flexibility index (Phi) is 4.54. The van der Waals surface area contributed by atoms with Crippen LogP contribution in [0.2, 0.25) is 0 Å². The van der Waals surface area contributed by atoms with E-state index in [1.807, 2.05) is 40.9 Å². The number of benzene rings is 1. The van der Waals surface area contributed by atoms with Gasteiger partial charge in [0.15, 0.2) is 5.65 Å². The van der Waals surface area contributed by atoms with E-state index >= 15 is 0 Å². The lowest BCUT2D eigenvalue weighted by molar-refractivity contribution is 0.629. The maximum absolute atomic E-state index is 5.82. The fraction of sp³-hybridized carbons (Fsp3) is 0.182. The molecule has 0 spiro atoms. The van der Waals surface area contributed by atoms with Crippen molar-refractivity contribution in [1.82, 2.24) is 14.4 Å². The first kappa shape index (κ1) is 18.1. The van der Waals surface area contributed by atoms with E-state index in [0.29, 0.717) is 0 Å². The monoisotopic (exact) mass is 387 g/mol. The van der Waals surface area contributed by atoms with Gasteiger partial charge >= 0.3 is 0 Å². The summed E-state index contributed by atoms with van der Waals surface area (Å²) < 4.78 is 2.03. The first-order valence-corrected chi connectivity index (χ1v) is 9.79. The molecule has 0 bridgehead atoms. The van der Waals surface area contributed by atoms with E-state index in [4.69, 9.17) is 10.7 Å². The van der Waals surface area contributed by atoms with Crippen molar-refractivity contribution >= 4 is 28.5 Å². The van der Waals surface area contributed by atoms with E-state index in [0.717, 1.165) is 38.2 Å². The molecule has 4 aromatic rings. The number of fused-ring (bicyclic) bond motifs is 1. The van der Waals surface area contributed by atoms with Crippen LogP contribution in [-0.2, 0) is 0 Å². The second kappa shape index (κ2) is 7.02. The molecule has 0 saturated heterocycles. The van der Waals surface area contributed by atoms with Crippen LogP contribution in [0.1, 0.15) is 31.2 Å². The normalized spacial score (nSPS) is 11.2. The molecule has 3 heterocycles. The fourth-order valence-corrected chi connectivity index (χ4v) is 3.69. The average Bonchev–Trinajstić information content (AvgIpc) is 3.24. The van der Waals surface area contributed by atoms with E-state index in [1.54, 1.807) is 23.7 Å². The van der Waals surface area contributed by atoms with Gasteiger partial charge in [0.1, 0.15) is 11.5 Å². The zero-order valence-corrected chi connectivity index (χ0v) is 16.8. The van der Waals surface area contributed by atoms with Gasteiger partial charge in [0.25, 0.3) is 0 Å². The lowest BCUT2D eigenvalue weighted by Crippen LogP contribution is -2.27. The Morgan fingerprint density at radius 1 is 1.14 bits per heavy atom. The maximum Gasteiger partial charge on any atom is 0.157 e. The highest BCUT2D eigenvalue weighted by Gasteiger charge is 2.20. The molecule has 6 heteroatoms. The molecule has 140 valence electrons. The fourth-order valence-electron chi connectivity index (χ4n) is 2.84. The lowest BCUT2D eigenvalue weighted by Gasteiger charge is -2.22. The van der Waals surface area contributed by atoms with Crippen LogP contribution in [0.4, 0.5) is 11.5 Å². The van der Waals surface area contributed by atoms with Crippen LogP contribution in [0.15, 0.2) is 55.0 Å². The van der Waals surface area contributed by atoms with Crippen LogP contribution in [0.5, 0.6) is 0 Å². The van der Waals surface area contributed by atoms with E-state index in [9.17, 15) is 0 Å². The van der Waals surface area contributed by atoms with E-state index in [-0.39, 0.29) is 5.54 Å². The second-order valence-corrected chi connectivity index (χ2v) is 8.61. The molecule has 0 aliphatic carbocycles. The first-order chi connectivity index (χ1) is 13.4. The van der Waals surface area contributed by atoms with Crippen molar-refractivity contribution in [1.29, 1.82) is 0 Å². The van der Waals surface area contributed by atoms with E-state index < -0.39 is 0 Å². The molecule has 0 radical (unpaired) electrons. The number of nitrogen functional groups attached to an aromatic ring is 1. The number of rotatable bonds is 2. The van der Waals surface area contributed by atoms with Crippen LogP contribution in [0.25, 0.3) is 16.2 Å². The van der Waals surface area contributed by atoms with Crippen molar-refractivity contribution in [3.8, 4) is 22.4 Å². The summed E-state index contributed by atoms with van der Waals surface area (Å²) >= 11 is 1.62. The van der Waals surface area contributed by atoms with Crippen molar-refractivity contribution < 1.29 is 0 Å². The first-order valence-electron chi connectivity index (χ1n) is 8.97. The van der Waals surface area contributed by atoms with Gasteiger partial charge in [-0.2, -0.15) is 0 Å². The number of hydrogen-bond acceptors (Lipinski definition) is 5. The van der Waals surface area contributed by atoms with Crippen molar-refractivity contribution in [2.24, 2.45) is 0 Å². The van der Waals surface area contributed by atoms with Crippen molar-refractivity contribution in [2.45, 2.75) is 26.3 Å². The molecule has 3 N–H and O–H groups in total. The van der Waals surface area contributed by atoms with Gasteiger partial charge in [0.05, 0.1) is 16.0 Å². The third-order valence-corrected chi connectivity index (χ3v) is 4.99. The Balaban J connectivity index is 1.73. The number of thiophene rings is 1. The molecular formula is C22H21N5S. The number of imidazole rings is 1. The molecule has 0 unspecified atom stereocenters. The Bertz CT molecular complexity index is 1200. The van der Waals surface area contributed by atoms with Gasteiger partial charge in [-0.1, -0.05) is 17.9 Å². The Hall–Kier alpha value is -3.30. The standard InChI is InChI=1S/C22H21N5S/c1-22(2,3)26-21-20(25-19-14-24-11-12-27(19)21)18-10-9-17(28-18)8-7-15-5-4-6-16(23)13-15/h4-6,9-14,26H,23H2,1-3H3. The molecule has 1 aromatic carbocycles. The minimum atomic E-state index is -0.0961. The van der Waals surface area contributed by atoms with Crippen LogP contribution in [0, 0.1) is 11.8 Å². The summed E-state index contributed by atoms with van der Waals surface area (Å²) in [6.45, 7) is 6.40. The number of aromatic nitrogens is 3. The summed E-state index contributed by atoms with van der Waals surface area (Å²) in [5, 5.41) is 3.57. The minimum Gasteiger partial charge on any atom is -0.399 e. The van der Waals surface area contributed by atoms with Crippen LogP contribution < -0.4 is 11.1 Å². The quantitative estimate of drug-likeness (QED) is 0.388. The highest BCUT2D eigenvalue weighted by Crippen LogP contribution is 2.34. The Morgan fingerprint density at radius 2 is 2.00 bits per heavy atom. The highest BCUT2D eigenvalue weighted by atomic mass is 32.1. The van der Waals surface area contributed by atoms with Crippen molar-refractivity contribution in [3.05, 3.63) is 65.4 Å². The Labute approximate surface area is 168 Å².